The van der Waals surface area contributed by atoms with Crippen molar-refractivity contribution in [3.8, 4) is 28.4 Å². The van der Waals surface area contributed by atoms with E-state index in [9.17, 15) is 4.39 Å². The fourth-order valence-corrected chi connectivity index (χ4v) is 2.10. The summed E-state index contributed by atoms with van der Waals surface area (Å²) < 4.78 is 24.1. The Hall–Kier alpha value is -2.55. The molecule has 0 atom stereocenters. The van der Waals surface area contributed by atoms with Gasteiger partial charge in [0, 0.05) is 5.56 Å². The van der Waals surface area contributed by atoms with Crippen molar-refractivity contribution in [2.75, 3.05) is 7.11 Å². The van der Waals surface area contributed by atoms with Crippen molar-refractivity contribution >= 4 is 0 Å². The van der Waals surface area contributed by atoms with E-state index in [4.69, 9.17) is 9.15 Å². The molecule has 100 valence electrons. The molecule has 2 nitrogen and oxygen atoms in total. The van der Waals surface area contributed by atoms with Crippen molar-refractivity contribution in [1.82, 2.24) is 0 Å². The highest BCUT2D eigenvalue weighted by atomic mass is 19.1. The molecule has 0 unspecified atom stereocenters. The van der Waals surface area contributed by atoms with Crippen LogP contribution in [0.3, 0.4) is 0 Å². The first-order valence-electron chi connectivity index (χ1n) is 6.27. The van der Waals surface area contributed by atoms with Gasteiger partial charge in [-0.05, 0) is 48.5 Å². The molecule has 0 radical (unpaired) electrons. The summed E-state index contributed by atoms with van der Waals surface area (Å²) in [7, 11) is 1.63. The second-order valence-electron chi connectivity index (χ2n) is 4.37. The van der Waals surface area contributed by atoms with Gasteiger partial charge in [-0.15, -0.1) is 0 Å². The first-order valence-corrected chi connectivity index (χ1v) is 6.27. The van der Waals surface area contributed by atoms with Crippen molar-refractivity contribution in [2.45, 2.75) is 0 Å². The lowest BCUT2D eigenvalue weighted by Gasteiger charge is -2.05. The molecule has 3 aromatic rings. The van der Waals surface area contributed by atoms with Crippen molar-refractivity contribution < 1.29 is 13.5 Å². The van der Waals surface area contributed by atoms with Crippen LogP contribution in [-0.2, 0) is 0 Å². The molecule has 2 aromatic carbocycles. The third-order valence-corrected chi connectivity index (χ3v) is 3.11. The minimum absolute atomic E-state index is 0.259. The summed E-state index contributed by atoms with van der Waals surface area (Å²) in [4.78, 5) is 0. The smallest absolute Gasteiger partial charge is 0.138 e. The first-order chi connectivity index (χ1) is 9.78. The largest absolute Gasteiger partial charge is 0.496 e. The summed E-state index contributed by atoms with van der Waals surface area (Å²) in [6, 6.07) is 17.6. The molecule has 0 bridgehead atoms. The second-order valence-corrected chi connectivity index (χ2v) is 4.37. The van der Waals surface area contributed by atoms with E-state index in [1.54, 1.807) is 19.2 Å². The molecule has 0 N–H and O–H groups in total. The number of ether oxygens (including phenoxy) is 1. The third kappa shape index (κ3) is 2.30. The lowest BCUT2D eigenvalue weighted by atomic mass is 10.1. The van der Waals surface area contributed by atoms with Crippen LogP contribution in [0.25, 0.3) is 22.6 Å². The number of para-hydroxylation sites is 1. The SMILES string of the molecule is COc1ccccc1-c1ccc(-c2ccc(F)cc2)o1. The molecule has 0 aliphatic carbocycles. The van der Waals surface area contributed by atoms with Gasteiger partial charge in [-0.2, -0.15) is 0 Å². The number of rotatable bonds is 3. The summed E-state index contributed by atoms with van der Waals surface area (Å²) in [5, 5.41) is 0. The van der Waals surface area contributed by atoms with Gasteiger partial charge in [0.05, 0.1) is 12.7 Å². The summed E-state index contributed by atoms with van der Waals surface area (Å²) in [5.74, 6) is 1.92. The van der Waals surface area contributed by atoms with Crippen molar-refractivity contribution in [2.24, 2.45) is 0 Å². The van der Waals surface area contributed by atoms with Gasteiger partial charge in [0.25, 0.3) is 0 Å². The topological polar surface area (TPSA) is 22.4 Å². The van der Waals surface area contributed by atoms with Gasteiger partial charge in [0.1, 0.15) is 23.1 Å². The maximum Gasteiger partial charge on any atom is 0.138 e. The maximum absolute atomic E-state index is 12.9. The molecule has 3 rings (SSSR count). The Labute approximate surface area is 116 Å². The summed E-state index contributed by atoms with van der Waals surface area (Å²) in [5.41, 5.74) is 1.73. The normalized spacial score (nSPS) is 10.5. The molecule has 0 aliphatic heterocycles. The molecule has 0 saturated carbocycles. The fraction of sp³-hybridized carbons (Fsp3) is 0.0588. The lowest BCUT2D eigenvalue weighted by Crippen LogP contribution is -1.85. The van der Waals surface area contributed by atoms with Gasteiger partial charge in [0.15, 0.2) is 0 Å². The average molecular weight is 268 g/mol. The molecular formula is C17H13FO2. The highest BCUT2D eigenvalue weighted by Crippen LogP contribution is 2.33. The van der Waals surface area contributed by atoms with Crippen LogP contribution in [0.5, 0.6) is 5.75 Å². The van der Waals surface area contributed by atoms with Gasteiger partial charge in [-0.3, -0.25) is 0 Å². The molecule has 1 aromatic heterocycles. The maximum atomic E-state index is 12.9. The molecule has 0 aliphatic rings. The molecule has 1 heterocycles. The number of hydrogen-bond donors (Lipinski definition) is 0. The van der Waals surface area contributed by atoms with Crippen molar-refractivity contribution in [1.29, 1.82) is 0 Å². The van der Waals surface area contributed by atoms with Crippen LogP contribution in [0.15, 0.2) is 65.1 Å². The van der Waals surface area contributed by atoms with E-state index < -0.39 is 0 Å². The first kappa shape index (κ1) is 12.5. The Balaban J connectivity index is 2.00. The molecule has 0 fully saturated rings. The van der Waals surface area contributed by atoms with E-state index in [0.29, 0.717) is 5.76 Å². The van der Waals surface area contributed by atoms with Gasteiger partial charge in [-0.1, -0.05) is 12.1 Å². The zero-order valence-electron chi connectivity index (χ0n) is 11.0. The lowest BCUT2D eigenvalue weighted by molar-refractivity contribution is 0.415. The summed E-state index contributed by atoms with van der Waals surface area (Å²) in [6.07, 6.45) is 0. The summed E-state index contributed by atoms with van der Waals surface area (Å²) in [6.45, 7) is 0. The number of benzene rings is 2. The quantitative estimate of drug-likeness (QED) is 0.683. The van der Waals surface area contributed by atoms with Crippen LogP contribution in [0, 0.1) is 5.82 Å². The van der Waals surface area contributed by atoms with E-state index in [0.717, 1.165) is 22.6 Å². The third-order valence-electron chi connectivity index (χ3n) is 3.11. The Morgan fingerprint density at radius 1 is 0.850 bits per heavy atom. The highest BCUT2D eigenvalue weighted by molar-refractivity contribution is 5.69. The molecule has 0 amide bonds. The number of furan rings is 1. The molecule has 3 heteroatoms. The number of methoxy groups -OCH3 is 1. The van der Waals surface area contributed by atoms with E-state index >= 15 is 0 Å². The second kappa shape index (κ2) is 5.21. The van der Waals surface area contributed by atoms with Crippen LogP contribution in [0.2, 0.25) is 0 Å². The standard InChI is InChI=1S/C17H13FO2/c1-19-16-5-3-2-4-14(16)17-11-10-15(20-17)12-6-8-13(18)9-7-12/h2-11H,1H3. The fourth-order valence-electron chi connectivity index (χ4n) is 2.10. The molecule has 0 spiro atoms. The monoisotopic (exact) mass is 268 g/mol. The van der Waals surface area contributed by atoms with Crippen LogP contribution in [-0.4, -0.2) is 7.11 Å². The van der Waals surface area contributed by atoms with Crippen LogP contribution in [0.1, 0.15) is 0 Å². The van der Waals surface area contributed by atoms with E-state index in [2.05, 4.69) is 0 Å². The van der Waals surface area contributed by atoms with Crippen LogP contribution < -0.4 is 4.74 Å². The van der Waals surface area contributed by atoms with Crippen molar-refractivity contribution in [3.05, 3.63) is 66.5 Å². The van der Waals surface area contributed by atoms with Gasteiger partial charge in [0.2, 0.25) is 0 Å². The Morgan fingerprint density at radius 2 is 1.55 bits per heavy atom. The Morgan fingerprint density at radius 3 is 2.30 bits per heavy atom. The minimum atomic E-state index is -0.259. The number of hydrogen-bond acceptors (Lipinski definition) is 2. The molecule has 20 heavy (non-hydrogen) atoms. The van der Waals surface area contributed by atoms with E-state index in [1.807, 2.05) is 36.4 Å². The Kier molecular flexibility index (Phi) is 3.25. The van der Waals surface area contributed by atoms with Gasteiger partial charge >= 0.3 is 0 Å². The van der Waals surface area contributed by atoms with Crippen molar-refractivity contribution in [3.63, 3.8) is 0 Å². The molecule has 0 saturated heterocycles. The van der Waals surface area contributed by atoms with E-state index in [1.165, 1.54) is 12.1 Å². The average Bonchev–Trinajstić information content (AvgIpc) is 2.97. The van der Waals surface area contributed by atoms with E-state index in [-0.39, 0.29) is 5.82 Å². The number of halogens is 1. The Bertz CT molecular complexity index is 714. The van der Waals surface area contributed by atoms with Crippen LogP contribution in [0.4, 0.5) is 4.39 Å². The predicted molar refractivity (Wildman–Crippen MR) is 76.1 cm³/mol. The zero-order valence-corrected chi connectivity index (χ0v) is 11.0. The predicted octanol–water partition coefficient (Wildman–Crippen LogP) is 4.76. The molecular weight excluding hydrogens is 255 g/mol. The summed E-state index contributed by atoms with van der Waals surface area (Å²) >= 11 is 0. The highest BCUT2D eigenvalue weighted by Gasteiger charge is 2.10. The zero-order chi connectivity index (χ0) is 13.9. The van der Waals surface area contributed by atoms with Gasteiger partial charge < -0.3 is 9.15 Å². The van der Waals surface area contributed by atoms with Crippen LogP contribution >= 0.6 is 0 Å². The van der Waals surface area contributed by atoms with Gasteiger partial charge in [-0.25, -0.2) is 4.39 Å². The minimum Gasteiger partial charge on any atom is -0.496 e.